The summed E-state index contributed by atoms with van der Waals surface area (Å²) in [6.07, 6.45) is 3.50. The van der Waals surface area contributed by atoms with Crippen LogP contribution in [0.25, 0.3) is 0 Å². The zero-order valence-electron chi connectivity index (χ0n) is 8.46. The normalized spacial score (nSPS) is 33.8. The van der Waals surface area contributed by atoms with Crippen LogP contribution in [0.3, 0.4) is 0 Å². The van der Waals surface area contributed by atoms with Crippen molar-refractivity contribution in [3.63, 3.8) is 0 Å². The Morgan fingerprint density at radius 1 is 1.50 bits per heavy atom. The highest BCUT2D eigenvalue weighted by atomic mass is 16.3. The van der Waals surface area contributed by atoms with Crippen LogP contribution in [0.5, 0.6) is 0 Å². The fourth-order valence-electron chi connectivity index (χ4n) is 2.25. The first-order valence-electron chi connectivity index (χ1n) is 5.41. The van der Waals surface area contributed by atoms with Crippen molar-refractivity contribution in [1.82, 2.24) is 10.2 Å². The quantitative estimate of drug-likeness (QED) is 0.642. The lowest BCUT2D eigenvalue weighted by Crippen LogP contribution is -2.48. The van der Waals surface area contributed by atoms with Gasteiger partial charge in [-0.3, -0.25) is 4.79 Å². The van der Waals surface area contributed by atoms with E-state index in [0.29, 0.717) is 19.5 Å². The van der Waals surface area contributed by atoms with Gasteiger partial charge in [0.2, 0.25) is 5.91 Å². The van der Waals surface area contributed by atoms with Gasteiger partial charge >= 0.3 is 0 Å². The highest BCUT2D eigenvalue weighted by Gasteiger charge is 2.34. The molecule has 0 saturated carbocycles. The molecule has 2 fully saturated rings. The van der Waals surface area contributed by atoms with E-state index < -0.39 is 5.60 Å². The van der Waals surface area contributed by atoms with Gasteiger partial charge in [-0.15, -0.1) is 0 Å². The van der Waals surface area contributed by atoms with Gasteiger partial charge in [0.25, 0.3) is 0 Å². The summed E-state index contributed by atoms with van der Waals surface area (Å²) in [7, 11) is 0. The average Bonchev–Trinajstić information content (AvgIpc) is 2.57. The molecule has 2 saturated heterocycles. The number of likely N-dealkylation sites (tertiary alicyclic amines) is 1. The number of piperidine rings is 1. The fraction of sp³-hybridized carbons (Fsp3) is 0.900. The summed E-state index contributed by atoms with van der Waals surface area (Å²) in [5.41, 5.74) is -0.674. The summed E-state index contributed by atoms with van der Waals surface area (Å²) in [6.45, 7) is 2.81. The minimum Gasteiger partial charge on any atom is -0.387 e. The standard InChI is InChI=1S/C10H18N2O2/c13-9-3-1-2-6-12(9)8-10(14)4-5-11-7-10/h11,14H,1-8H2. The van der Waals surface area contributed by atoms with E-state index in [1.807, 2.05) is 4.90 Å². The lowest BCUT2D eigenvalue weighted by atomic mass is 10.0. The summed E-state index contributed by atoms with van der Waals surface area (Å²) in [4.78, 5) is 13.3. The smallest absolute Gasteiger partial charge is 0.222 e. The van der Waals surface area contributed by atoms with Gasteiger partial charge in [-0.25, -0.2) is 0 Å². The van der Waals surface area contributed by atoms with Gasteiger partial charge in [0.1, 0.15) is 0 Å². The van der Waals surface area contributed by atoms with Crippen LogP contribution in [-0.2, 0) is 4.79 Å². The van der Waals surface area contributed by atoms with Crippen molar-refractivity contribution in [2.24, 2.45) is 0 Å². The molecule has 2 N–H and O–H groups in total. The number of rotatable bonds is 2. The van der Waals surface area contributed by atoms with Crippen molar-refractivity contribution in [1.29, 1.82) is 0 Å². The minimum atomic E-state index is -0.674. The van der Waals surface area contributed by atoms with Crippen LogP contribution in [0.15, 0.2) is 0 Å². The van der Waals surface area contributed by atoms with Crippen LogP contribution < -0.4 is 5.32 Å². The lowest BCUT2D eigenvalue weighted by Gasteiger charge is -2.33. The number of carbonyl (C=O) groups excluding carboxylic acids is 1. The van der Waals surface area contributed by atoms with Crippen LogP contribution in [0.1, 0.15) is 25.7 Å². The third-order valence-corrected chi connectivity index (χ3v) is 3.13. The number of β-amino-alcohol motifs (C(OH)–C–C–N with tert-alkyl or cyclic N) is 1. The van der Waals surface area contributed by atoms with Gasteiger partial charge in [0.05, 0.1) is 12.1 Å². The third-order valence-electron chi connectivity index (χ3n) is 3.13. The Balaban J connectivity index is 1.91. The molecule has 4 heteroatoms. The molecule has 0 aromatic heterocycles. The lowest BCUT2D eigenvalue weighted by molar-refractivity contribution is -0.136. The second-order valence-corrected chi connectivity index (χ2v) is 4.42. The maximum atomic E-state index is 11.5. The number of hydrogen-bond acceptors (Lipinski definition) is 3. The summed E-state index contributed by atoms with van der Waals surface area (Å²) < 4.78 is 0. The molecule has 80 valence electrons. The van der Waals surface area contributed by atoms with E-state index in [1.54, 1.807) is 0 Å². The second-order valence-electron chi connectivity index (χ2n) is 4.42. The Morgan fingerprint density at radius 3 is 3.00 bits per heavy atom. The van der Waals surface area contributed by atoms with Gasteiger partial charge < -0.3 is 15.3 Å². The van der Waals surface area contributed by atoms with E-state index in [9.17, 15) is 9.90 Å². The Hall–Kier alpha value is -0.610. The van der Waals surface area contributed by atoms with Crippen molar-refractivity contribution >= 4 is 5.91 Å². The number of nitrogens with zero attached hydrogens (tertiary/aromatic N) is 1. The summed E-state index contributed by atoms with van der Waals surface area (Å²) >= 11 is 0. The maximum Gasteiger partial charge on any atom is 0.222 e. The molecule has 2 aliphatic rings. The molecule has 0 radical (unpaired) electrons. The molecule has 2 aliphatic heterocycles. The number of aliphatic hydroxyl groups is 1. The van der Waals surface area contributed by atoms with E-state index in [0.717, 1.165) is 32.4 Å². The maximum absolute atomic E-state index is 11.5. The Labute approximate surface area is 84.3 Å². The number of hydrogen-bond donors (Lipinski definition) is 2. The molecule has 0 aromatic carbocycles. The molecule has 1 unspecified atom stereocenters. The first-order valence-corrected chi connectivity index (χ1v) is 5.41. The monoisotopic (exact) mass is 198 g/mol. The first-order chi connectivity index (χ1) is 6.70. The molecular formula is C10H18N2O2. The van der Waals surface area contributed by atoms with E-state index in [-0.39, 0.29) is 5.91 Å². The van der Waals surface area contributed by atoms with Gasteiger partial charge in [-0.2, -0.15) is 0 Å². The van der Waals surface area contributed by atoms with Crippen LogP contribution in [0.2, 0.25) is 0 Å². The van der Waals surface area contributed by atoms with Crippen molar-refractivity contribution in [2.75, 3.05) is 26.2 Å². The molecule has 14 heavy (non-hydrogen) atoms. The van der Waals surface area contributed by atoms with Crippen LogP contribution in [-0.4, -0.2) is 47.7 Å². The molecule has 1 atom stereocenters. The zero-order chi connectivity index (χ0) is 10.0. The van der Waals surface area contributed by atoms with Crippen molar-refractivity contribution in [2.45, 2.75) is 31.3 Å². The Morgan fingerprint density at radius 2 is 2.36 bits per heavy atom. The third kappa shape index (κ3) is 2.07. The van der Waals surface area contributed by atoms with E-state index in [4.69, 9.17) is 0 Å². The molecule has 4 nitrogen and oxygen atoms in total. The molecule has 2 rings (SSSR count). The zero-order valence-corrected chi connectivity index (χ0v) is 8.46. The summed E-state index contributed by atoms with van der Waals surface area (Å²) in [5.74, 6) is 0.205. The molecule has 0 spiro atoms. The number of nitrogens with one attached hydrogen (secondary N) is 1. The fourth-order valence-corrected chi connectivity index (χ4v) is 2.25. The minimum absolute atomic E-state index is 0.205. The van der Waals surface area contributed by atoms with Crippen molar-refractivity contribution < 1.29 is 9.90 Å². The SMILES string of the molecule is O=C1CCCCN1CC1(O)CCNC1. The first kappa shape index (κ1) is 9.93. The van der Waals surface area contributed by atoms with E-state index in [1.165, 1.54) is 0 Å². The second kappa shape index (κ2) is 3.87. The topological polar surface area (TPSA) is 52.6 Å². The molecule has 0 aromatic rings. The largest absolute Gasteiger partial charge is 0.387 e. The van der Waals surface area contributed by atoms with Crippen LogP contribution >= 0.6 is 0 Å². The van der Waals surface area contributed by atoms with E-state index in [2.05, 4.69) is 5.32 Å². The van der Waals surface area contributed by atoms with Gasteiger partial charge in [0.15, 0.2) is 0 Å². The number of carbonyl (C=O) groups is 1. The van der Waals surface area contributed by atoms with Crippen molar-refractivity contribution in [3.8, 4) is 0 Å². The number of amides is 1. The van der Waals surface area contributed by atoms with Gasteiger partial charge in [-0.1, -0.05) is 0 Å². The van der Waals surface area contributed by atoms with Gasteiger partial charge in [-0.05, 0) is 25.8 Å². The molecule has 2 heterocycles. The molecule has 1 amide bonds. The predicted molar refractivity (Wildman–Crippen MR) is 52.9 cm³/mol. The Bertz CT molecular complexity index is 224. The van der Waals surface area contributed by atoms with Gasteiger partial charge in [0, 0.05) is 19.5 Å². The highest BCUT2D eigenvalue weighted by Crippen LogP contribution is 2.19. The van der Waals surface area contributed by atoms with Crippen LogP contribution in [0, 0.1) is 0 Å². The highest BCUT2D eigenvalue weighted by molar-refractivity contribution is 5.76. The van der Waals surface area contributed by atoms with E-state index >= 15 is 0 Å². The predicted octanol–water partition coefficient (Wildman–Crippen LogP) is -0.277. The molecule has 0 aliphatic carbocycles. The average molecular weight is 198 g/mol. The summed E-state index contributed by atoms with van der Waals surface area (Å²) in [5, 5.41) is 13.2. The molecular weight excluding hydrogens is 180 g/mol. The molecule has 0 bridgehead atoms. The van der Waals surface area contributed by atoms with Crippen LogP contribution in [0.4, 0.5) is 0 Å². The van der Waals surface area contributed by atoms with Crippen molar-refractivity contribution in [3.05, 3.63) is 0 Å². The summed E-state index contributed by atoms with van der Waals surface area (Å²) in [6, 6.07) is 0. The Kier molecular flexibility index (Phi) is 2.74.